The number of nitrogens with one attached hydrogen (secondary N) is 1. The van der Waals surface area contributed by atoms with Crippen molar-refractivity contribution in [3.05, 3.63) is 0 Å². The van der Waals surface area contributed by atoms with Crippen LogP contribution in [-0.4, -0.2) is 30.6 Å². The molecule has 1 heterocycles. The van der Waals surface area contributed by atoms with Gasteiger partial charge in [0.05, 0.1) is 6.10 Å². The molecule has 2 fully saturated rings. The Kier molecular flexibility index (Phi) is 3.66. The van der Waals surface area contributed by atoms with Crippen molar-refractivity contribution in [3.63, 3.8) is 0 Å². The highest BCUT2D eigenvalue weighted by Gasteiger charge is 2.40. The number of carbonyl (C=O) groups excluding carboxylic acids is 2. The van der Waals surface area contributed by atoms with E-state index in [0.717, 1.165) is 25.7 Å². The van der Waals surface area contributed by atoms with E-state index in [0.29, 0.717) is 12.6 Å². The summed E-state index contributed by atoms with van der Waals surface area (Å²) in [6, 6.07) is 0. The van der Waals surface area contributed by atoms with Crippen molar-refractivity contribution in [1.82, 2.24) is 5.32 Å². The predicted molar refractivity (Wildman–Crippen MR) is 62.0 cm³/mol. The first-order valence-corrected chi connectivity index (χ1v) is 6.36. The first kappa shape index (κ1) is 12.4. The Morgan fingerprint density at radius 1 is 1.29 bits per heavy atom. The SMILES string of the molecule is CCC1OC1CNC(=O)C1CCCC1C(N)=O. The summed E-state index contributed by atoms with van der Waals surface area (Å²) in [4.78, 5) is 23.1. The van der Waals surface area contributed by atoms with E-state index in [1.807, 2.05) is 0 Å². The van der Waals surface area contributed by atoms with E-state index < -0.39 is 0 Å². The molecule has 2 rings (SSSR count). The minimum absolute atomic E-state index is 0.0448. The second kappa shape index (κ2) is 5.04. The highest BCUT2D eigenvalue weighted by atomic mass is 16.6. The van der Waals surface area contributed by atoms with E-state index in [1.165, 1.54) is 0 Å². The van der Waals surface area contributed by atoms with E-state index in [9.17, 15) is 9.59 Å². The minimum atomic E-state index is -0.350. The summed E-state index contributed by atoms with van der Waals surface area (Å²) in [7, 11) is 0. The van der Waals surface area contributed by atoms with Crippen LogP contribution in [0, 0.1) is 11.8 Å². The van der Waals surface area contributed by atoms with E-state index in [-0.39, 0.29) is 29.8 Å². The number of epoxide rings is 1. The van der Waals surface area contributed by atoms with Gasteiger partial charge < -0.3 is 15.8 Å². The van der Waals surface area contributed by atoms with Gasteiger partial charge in [-0.3, -0.25) is 9.59 Å². The standard InChI is InChI=1S/C12H20N2O3/c1-2-9-10(17-9)6-14-12(16)8-5-3-4-7(8)11(13)15/h7-10H,2-6H2,1H3,(H2,13,15)(H,14,16). The van der Waals surface area contributed by atoms with E-state index >= 15 is 0 Å². The number of rotatable bonds is 5. The molecule has 4 atom stereocenters. The summed E-state index contributed by atoms with van der Waals surface area (Å²) < 4.78 is 5.35. The molecule has 0 spiro atoms. The Bertz CT molecular complexity index is 319. The highest BCUT2D eigenvalue weighted by molar-refractivity contribution is 5.87. The molecular weight excluding hydrogens is 220 g/mol. The van der Waals surface area contributed by atoms with Gasteiger partial charge in [-0.1, -0.05) is 13.3 Å². The monoisotopic (exact) mass is 240 g/mol. The normalized spacial score (nSPS) is 35.6. The molecule has 96 valence electrons. The van der Waals surface area contributed by atoms with Crippen LogP contribution >= 0.6 is 0 Å². The van der Waals surface area contributed by atoms with Crippen LogP contribution in [0.5, 0.6) is 0 Å². The van der Waals surface area contributed by atoms with Gasteiger partial charge in [-0.15, -0.1) is 0 Å². The second-order valence-electron chi connectivity index (χ2n) is 4.91. The molecule has 0 aromatic heterocycles. The summed E-state index contributed by atoms with van der Waals surface area (Å²) in [5.74, 6) is -0.906. The topological polar surface area (TPSA) is 84.7 Å². The second-order valence-corrected chi connectivity index (χ2v) is 4.91. The first-order chi connectivity index (χ1) is 8.13. The zero-order valence-corrected chi connectivity index (χ0v) is 10.1. The highest BCUT2D eigenvalue weighted by Crippen LogP contribution is 2.32. The quantitative estimate of drug-likeness (QED) is 0.672. The lowest BCUT2D eigenvalue weighted by molar-refractivity contribution is -0.132. The zero-order chi connectivity index (χ0) is 12.4. The number of hydrogen-bond acceptors (Lipinski definition) is 3. The van der Waals surface area contributed by atoms with Crippen LogP contribution < -0.4 is 11.1 Å². The molecule has 0 radical (unpaired) electrons. The molecule has 17 heavy (non-hydrogen) atoms. The molecule has 0 aromatic rings. The fourth-order valence-corrected chi connectivity index (χ4v) is 2.66. The summed E-state index contributed by atoms with van der Waals surface area (Å²) >= 11 is 0. The summed E-state index contributed by atoms with van der Waals surface area (Å²) in [5.41, 5.74) is 5.29. The predicted octanol–water partition coefficient (Wildman–Crippen LogP) is 0.182. The van der Waals surface area contributed by atoms with Crippen molar-refractivity contribution in [2.45, 2.75) is 44.8 Å². The van der Waals surface area contributed by atoms with Crippen molar-refractivity contribution >= 4 is 11.8 Å². The molecule has 5 heteroatoms. The van der Waals surface area contributed by atoms with Gasteiger partial charge in [0.2, 0.25) is 11.8 Å². The van der Waals surface area contributed by atoms with Gasteiger partial charge >= 0.3 is 0 Å². The number of amides is 2. The van der Waals surface area contributed by atoms with Crippen LogP contribution in [0.15, 0.2) is 0 Å². The summed E-state index contributed by atoms with van der Waals surface area (Å²) in [6.07, 6.45) is 3.85. The van der Waals surface area contributed by atoms with Crippen LogP contribution in [0.1, 0.15) is 32.6 Å². The van der Waals surface area contributed by atoms with Crippen molar-refractivity contribution in [1.29, 1.82) is 0 Å². The summed E-state index contributed by atoms with van der Waals surface area (Å²) in [5, 5.41) is 2.86. The average molecular weight is 240 g/mol. The Hall–Kier alpha value is -1.10. The molecule has 5 nitrogen and oxygen atoms in total. The van der Waals surface area contributed by atoms with E-state index in [2.05, 4.69) is 12.2 Å². The van der Waals surface area contributed by atoms with Crippen LogP contribution in [0.3, 0.4) is 0 Å². The molecule has 2 aliphatic rings. The van der Waals surface area contributed by atoms with Gasteiger partial charge in [-0.05, 0) is 19.3 Å². The Balaban J connectivity index is 1.77. The maximum absolute atomic E-state index is 11.9. The van der Waals surface area contributed by atoms with E-state index in [4.69, 9.17) is 10.5 Å². The molecule has 1 saturated heterocycles. The third kappa shape index (κ3) is 2.77. The van der Waals surface area contributed by atoms with Gasteiger partial charge in [0.25, 0.3) is 0 Å². The lowest BCUT2D eigenvalue weighted by atomic mass is 9.94. The lowest BCUT2D eigenvalue weighted by Crippen LogP contribution is -2.39. The molecule has 0 bridgehead atoms. The fraction of sp³-hybridized carbons (Fsp3) is 0.833. The largest absolute Gasteiger partial charge is 0.369 e. The maximum Gasteiger partial charge on any atom is 0.224 e. The average Bonchev–Trinajstić information content (AvgIpc) is 2.88. The van der Waals surface area contributed by atoms with Crippen LogP contribution in [0.4, 0.5) is 0 Å². The molecule has 2 amide bonds. The van der Waals surface area contributed by atoms with Crippen molar-refractivity contribution in [2.75, 3.05) is 6.54 Å². The van der Waals surface area contributed by atoms with Gasteiger partial charge in [0.15, 0.2) is 0 Å². The number of hydrogen-bond donors (Lipinski definition) is 2. The smallest absolute Gasteiger partial charge is 0.224 e. The third-order valence-electron chi connectivity index (χ3n) is 3.79. The minimum Gasteiger partial charge on any atom is -0.369 e. The number of primary amides is 1. The molecular formula is C12H20N2O3. The van der Waals surface area contributed by atoms with Gasteiger partial charge in [-0.2, -0.15) is 0 Å². The number of carbonyl (C=O) groups is 2. The lowest BCUT2D eigenvalue weighted by Gasteiger charge is -2.15. The number of ether oxygens (including phenoxy) is 1. The van der Waals surface area contributed by atoms with Gasteiger partial charge in [0, 0.05) is 18.4 Å². The van der Waals surface area contributed by atoms with Gasteiger partial charge in [-0.25, -0.2) is 0 Å². The Labute approximate surface area is 101 Å². The molecule has 1 saturated carbocycles. The molecule has 1 aliphatic carbocycles. The third-order valence-corrected chi connectivity index (χ3v) is 3.79. The van der Waals surface area contributed by atoms with Crippen molar-refractivity contribution < 1.29 is 14.3 Å². The zero-order valence-electron chi connectivity index (χ0n) is 10.1. The molecule has 1 aliphatic heterocycles. The van der Waals surface area contributed by atoms with Crippen LogP contribution in [-0.2, 0) is 14.3 Å². The van der Waals surface area contributed by atoms with Crippen molar-refractivity contribution in [2.24, 2.45) is 17.6 Å². The molecule has 3 N–H and O–H groups in total. The maximum atomic E-state index is 11.9. The summed E-state index contributed by atoms with van der Waals surface area (Å²) in [6.45, 7) is 2.62. The Morgan fingerprint density at radius 3 is 2.59 bits per heavy atom. The molecule has 4 unspecified atom stereocenters. The fourth-order valence-electron chi connectivity index (χ4n) is 2.66. The number of nitrogens with two attached hydrogens (primary N) is 1. The Morgan fingerprint density at radius 2 is 2.00 bits per heavy atom. The van der Waals surface area contributed by atoms with Gasteiger partial charge in [0.1, 0.15) is 6.10 Å². The van der Waals surface area contributed by atoms with Crippen LogP contribution in [0.2, 0.25) is 0 Å². The first-order valence-electron chi connectivity index (χ1n) is 6.36. The molecule has 0 aromatic carbocycles. The van der Waals surface area contributed by atoms with Crippen LogP contribution in [0.25, 0.3) is 0 Å². The van der Waals surface area contributed by atoms with Crippen molar-refractivity contribution in [3.8, 4) is 0 Å². The van der Waals surface area contributed by atoms with E-state index in [1.54, 1.807) is 0 Å².